The summed E-state index contributed by atoms with van der Waals surface area (Å²) in [4.78, 5) is 53.6. The van der Waals surface area contributed by atoms with Crippen LogP contribution >= 0.6 is 0 Å². The number of carbonyl (C=O) groups excluding carboxylic acids is 4. The molecule has 0 bridgehead atoms. The number of aromatic nitrogens is 1. The number of amides is 2. The van der Waals surface area contributed by atoms with Crippen LogP contribution in [0.15, 0.2) is 66.7 Å². The van der Waals surface area contributed by atoms with E-state index >= 15 is 0 Å². The molecule has 38 heavy (non-hydrogen) atoms. The monoisotopic (exact) mass is 521 g/mol. The van der Waals surface area contributed by atoms with Gasteiger partial charge in [0, 0.05) is 18.7 Å². The number of carbonyl (C=O) groups is 4. The van der Waals surface area contributed by atoms with Crippen molar-refractivity contribution in [2.75, 3.05) is 27.9 Å². The highest BCUT2D eigenvalue weighted by atomic mass is 16.5. The molecule has 1 aromatic heterocycles. The van der Waals surface area contributed by atoms with Gasteiger partial charge in [0.15, 0.2) is 18.0 Å². The molecule has 1 atom stereocenters. The quantitative estimate of drug-likeness (QED) is 0.363. The Kier molecular flexibility index (Phi) is 9.75. The number of rotatable bonds is 11. The van der Waals surface area contributed by atoms with Crippen LogP contribution in [0.1, 0.15) is 38.1 Å². The van der Waals surface area contributed by atoms with Gasteiger partial charge in [-0.1, -0.05) is 42.5 Å². The SMILES string of the molecule is COC(=O)c1cc(OCC(=O)N[C@H](C(=O)NCc2cccc(OC)c2)c2ccccc2)cc(C(=O)OC)n1. The third-order valence-electron chi connectivity index (χ3n) is 5.26. The first-order valence-corrected chi connectivity index (χ1v) is 11.4. The fourth-order valence-corrected chi connectivity index (χ4v) is 3.38. The standard InChI is InChI=1S/C27H27N3O8/c1-35-19-11-7-8-17(12-19)15-28-25(32)24(18-9-5-4-6-10-18)30-23(31)16-38-20-13-21(26(33)36-2)29-22(14-20)27(34)37-3/h4-14,24H,15-16H2,1-3H3,(H,28,32)(H,30,31)/t24-/m0/s1. The molecule has 2 aromatic carbocycles. The third-order valence-corrected chi connectivity index (χ3v) is 5.26. The van der Waals surface area contributed by atoms with Crippen molar-refractivity contribution in [3.8, 4) is 11.5 Å². The molecule has 0 aliphatic rings. The van der Waals surface area contributed by atoms with Gasteiger partial charge in [0.1, 0.15) is 17.5 Å². The van der Waals surface area contributed by atoms with Crippen LogP contribution in [-0.2, 0) is 25.6 Å². The third kappa shape index (κ3) is 7.53. The summed E-state index contributed by atoms with van der Waals surface area (Å²) in [5.41, 5.74) is 0.975. The Labute approximate surface area is 219 Å². The molecule has 0 spiro atoms. The van der Waals surface area contributed by atoms with Crippen molar-refractivity contribution in [3.05, 3.63) is 89.2 Å². The Hall–Kier alpha value is -4.93. The summed E-state index contributed by atoms with van der Waals surface area (Å²) in [5.74, 6) is -1.99. The number of esters is 2. The van der Waals surface area contributed by atoms with Crippen molar-refractivity contribution in [2.45, 2.75) is 12.6 Å². The zero-order valence-corrected chi connectivity index (χ0v) is 21.1. The van der Waals surface area contributed by atoms with Gasteiger partial charge >= 0.3 is 11.9 Å². The second-order valence-electron chi connectivity index (χ2n) is 7.83. The van der Waals surface area contributed by atoms with E-state index < -0.39 is 36.4 Å². The molecule has 2 amide bonds. The van der Waals surface area contributed by atoms with Crippen LogP contribution in [0.3, 0.4) is 0 Å². The van der Waals surface area contributed by atoms with E-state index in [-0.39, 0.29) is 23.7 Å². The molecule has 0 aliphatic heterocycles. The van der Waals surface area contributed by atoms with Gasteiger partial charge in [0.25, 0.3) is 5.91 Å². The van der Waals surface area contributed by atoms with Crippen molar-refractivity contribution >= 4 is 23.8 Å². The summed E-state index contributed by atoms with van der Waals surface area (Å²) in [6, 6.07) is 17.4. The lowest BCUT2D eigenvalue weighted by molar-refractivity contribution is -0.130. The Morgan fingerprint density at radius 2 is 1.47 bits per heavy atom. The molecule has 11 heteroatoms. The van der Waals surface area contributed by atoms with Crippen LogP contribution in [0.2, 0.25) is 0 Å². The van der Waals surface area contributed by atoms with Crippen molar-refractivity contribution in [1.82, 2.24) is 15.6 Å². The van der Waals surface area contributed by atoms with Gasteiger partial charge in [0.05, 0.1) is 21.3 Å². The Balaban J connectivity index is 1.71. The van der Waals surface area contributed by atoms with E-state index in [4.69, 9.17) is 9.47 Å². The molecule has 2 N–H and O–H groups in total. The molecule has 0 radical (unpaired) electrons. The normalized spacial score (nSPS) is 11.0. The molecule has 198 valence electrons. The lowest BCUT2D eigenvalue weighted by atomic mass is 10.1. The number of hydrogen-bond donors (Lipinski definition) is 2. The van der Waals surface area contributed by atoms with Crippen LogP contribution in [0, 0.1) is 0 Å². The van der Waals surface area contributed by atoms with Crippen LogP contribution in [0.5, 0.6) is 11.5 Å². The van der Waals surface area contributed by atoms with Crippen LogP contribution in [-0.4, -0.2) is 56.7 Å². The maximum Gasteiger partial charge on any atom is 0.356 e. The number of benzene rings is 2. The summed E-state index contributed by atoms with van der Waals surface area (Å²) in [5, 5.41) is 5.48. The van der Waals surface area contributed by atoms with Gasteiger partial charge < -0.3 is 29.6 Å². The van der Waals surface area contributed by atoms with Gasteiger partial charge in [-0.2, -0.15) is 0 Å². The topological polar surface area (TPSA) is 142 Å². The zero-order chi connectivity index (χ0) is 27.5. The molecule has 3 aromatic rings. The first-order valence-electron chi connectivity index (χ1n) is 11.4. The first kappa shape index (κ1) is 27.7. The van der Waals surface area contributed by atoms with Gasteiger partial charge in [-0.15, -0.1) is 0 Å². The second kappa shape index (κ2) is 13.4. The molecule has 1 heterocycles. The van der Waals surface area contributed by atoms with E-state index in [9.17, 15) is 19.2 Å². The molecule has 11 nitrogen and oxygen atoms in total. The van der Waals surface area contributed by atoms with Crippen molar-refractivity contribution in [3.63, 3.8) is 0 Å². The first-order chi connectivity index (χ1) is 18.3. The van der Waals surface area contributed by atoms with Gasteiger partial charge in [-0.25, -0.2) is 14.6 Å². The number of hydrogen-bond acceptors (Lipinski definition) is 9. The minimum absolute atomic E-state index is 0.00897. The van der Waals surface area contributed by atoms with E-state index in [0.29, 0.717) is 11.3 Å². The zero-order valence-electron chi connectivity index (χ0n) is 21.1. The lowest BCUT2D eigenvalue weighted by Gasteiger charge is -2.19. The molecular weight excluding hydrogens is 494 g/mol. The van der Waals surface area contributed by atoms with Gasteiger partial charge in [-0.3, -0.25) is 9.59 Å². The molecule has 0 saturated carbocycles. The fourth-order valence-electron chi connectivity index (χ4n) is 3.38. The molecule has 0 fully saturated rings. The fraction of sp³-hybridized carbons (Fsp3) is 0.222. The van der Waals surface area contributed by atoms with Crippen molar-refractivity contribution in [2.24, 2.45) is 0 Å². The number of methoxy groups -OCH3 is 3. The Morgan fingerprint density at radius 1 is 0.816 bits per heavy atom. The van der Waals surface area contributed by atoms with Crippen LogP contribution < -0.4 is 20.1 Å². The Bertz CT molecular complexity index is 1260. The molecule has 0 aliphatic carbocycles. The van der Waals surface area contributed by atoms with E-state index in [1.807, 2.05) is 12.1 Å². The van der Waals surface area contributed by atoms with E-state index in [2.05, 4.69) is 25.1 Å². The minimum Gasteiger partial charge on any atom is -0.497 e. The predicted molar refractivity (Wildman–Crippen MR) is 135 cm³/mol. The van der Waals surface area contributed by atoms with Gasteiger partial charge in [0.2, 0.25) is 5.91 Å². The maximum atomic E-state index is 13.1. The maximum absolute atomic E-state index is 13.1. The lowest BCUT2D eigenvalue weighted by Crippen LogP contribution is -2.41. The molecule has 3 rings (SSSR count). The summed E-state index contributed by atoms with van der Waals surface area (Å²) in [7, 11) is 3.87. The summed E-state index contributed by atoms with van der Waals surface area (Å²) in [6.45, 7) is -0.299. The Morgan fingerprint density at radius 3 is 2.08 bits per heavy atom. The summed E-state index contributed by atoms with van der Waals surface area (Å²) >= 11 is 0. The second-order valence-corrected chi connectivity index (χ2v) is 7.83. The number of nitrogens with zero attached hydrogens (tertiary/aromatic N) is 1. The predicted octanol–water partition coefficient (Wildman–Crippen LogP) is 2.22. The average molecular weight is 522 g/mol. The molecule has 0 saturated heterocycles. The smallest absolute Gasteiger partial charge is 0.356 e. The van der Waals surface area contributed by atoms with Crippen LogP contribution in [0.25, 0.3) is 0 Å². The van der Waals surface area contributed by atoms with Crippen molar-refractivity contribution in [1.29, 1.82) is 0 Å². The highest BCUT2D eigenvalue weighted by molar-refractivity contribution is 5.92. The van der Waals surface area contributed by atoms with Crippen molar-refractivity contribution < 1.29 is 38.1 Å². The highest BCUT2D eigenvalue weighted by Crippen LogP contribution is 2.18. The van der Waals surface area contributed by atoms with E-state index in [0.717, 1.165) is 19.8 Å². The summed E-state index contributed by atoms with van der Waals surface area (Å²) < 4.78 is 20.0. The van der Waals surface area contributed by atoms with Gasteiger partial charge in [-0.05, 0) is 23.3 Å². The van der Waals surface area contributed by atoms with E-state index in [1.165, 1.54) is 12.1 Å². The van der Waals surface area contributed by atoms with Crippen LogP contribution in [0.4, 0.5) is 0 Å². The highest BCUT2D eigenvalue weighted by Gasteiger charge is 2.23. The number of nitrogens with one attached hydrogen (secondary N) is 2. The average Bonchev–Trinajstić information content (AvgIpc) is 2.97. The number of pyridine rings is 1. The summed E-state index contributed by atoms with van der Waals surface area (Å²) in [6.07, 6.45) is 0. The minimum atomic E-state index is -1.01. The molecule has 0 unspecified atom stereocenters. The van der Waals surface area contributed by atoms with E-state index in [1.54, 1.807) is 49.6 Å². The largest absolute Gasteiger partial charge is 0.497 e. The molecular formula is C27H27N3O8. The number of ether oxygens (including phenoxy) is 4.